The number of likely N-dealkylation sites (tertiary alicyclic amines) is 2. The Labute approximate surface area is 187 Å². The van der Waals surface area contributed by atoms with Crippen molar-refractivity contribution in [2.24, 2.45) is 13.0 Å². The summed E-state index contributed by atoms with van der Waals surface area (Å²) in [5.41, 5.74) is 2.43. The van der Waals surface area contributed by atoms with Gasteiger partial charge in [-0.3, -0.25) is 14.5 Å². The second-order valence-corrected chi connectivity index (χ2v) is 9.10. The molecule has 0 atom stereocenters. The van der Waals surface area contributed by atoms with Crippen molar-refractivity contribution in [1.82, 2.24) is 34.8 Å². The number of piperidine rings is 2. The lowest BCUT2D eigenvalue weighted by atomic mass is 9.93. The lowest BCUT2D eigenvalue weighted by Gasteiger charge is -2.40. The monoisotopic (exact) mass is 434 g/mol. The molecule has 1 N–H and O–H groups in total. The molecule has 0 spiro atoms. The van der Waals surface area contributed by atoms with Crippen molar-refractivity contribution < 1.29 is 4.79 Å². The van der Waals surface area contributed by atoms with Crippen LogP contribution in [0.15, 0.2) is 30.7 Å². The van der Waals surface area contributed by atoms with Crippen molar-refractivity contribution in [2.45, 2.75) is 31.7 Å². The lowest BCUT2D eigenvalue weighted by Crippen LogP contribution is -2.48. The molecule has 1 amide bonds. The highest BCUT2D eigenvalue weighted by molar-refractivity contribution is 5.94. The zero-order valence-electron chi connectivity index (χ0n) is 18.7. The van der Waals surface area contributed by atoms with Crippen LogP contribution in [0.1, 0.15) is 25.7 Å². The molecule has 2 saturated heterocycles. The average molecular weight is 435 g/mol. The molecule has 3 aromatic heterocycles. The number of nitrogens with zero attached hydrogens (tertiary/aromatic N) is 7. The van der Waals surface area contributed by atoms with Gasteiger partial charge in [0.2, 0.25) is 5.91 Å². The minimum Gasteiger partial charge on any atom is -0.310 e. The number of hydrogen-bond acceptors (Lipinski definition) is 7. The molecule has 0 radical (unpaired) electrons. The van der Waals surface area contributed by atoms with Crippen molar-refractivity contribution in [2.75, 3.05) is 38.5 Å². The number of hydrogen-bond donors (Lipinski definition) is 1. The summed E-state index contributed by atoms with van der Waals surface area (Å²) in [6, 6.07) is 4.56. The Morgan fingerprint density at radius 1 is 1.00 bits per heavy atom. The number of carbonyl (C=O) groups excluding carboxylic acids is 1. The molecule has 0 unspecified atom stereocenters. The van der Waals surface area contributed by atoms with Gasteiger partial charge in [-0.05, 0) is 71.0 Å². The van der Waals surface area contributed by atoms with Gasteiger partial charge in [-0.1, -0.05) is 5.21 Å². The number of rotatable bonds is 4. The predicted molar refractivity (Wildman–Crippen MR) is 123 cm³/mol. The first-order valence-corrected chi connectivity index (χ1v) is 11.4. The van der Waals surface area contributed by atoms with Crippen LogP contribution in [0.4, 0.5) is 5.82 Å². The van der Waals surface area contributed by atoms with E-state index in [-0.39, 0.29) is 11.8 Å². The highest BCUT2D eigenvalue weighted by Crippen LogP contribution is 2.26. The zero-order chi connectivity index (χ0) is 22.1. The number of fused-ring (bicyclic) bond motifs is 1. The van der Waals surface area contributed by atoms with Gasteiger partial charge in [0.15, 0.2) is 0 Å². The fourth-order valence-electron chi connectivity index (χ4n) is 4.83. The van der Waals surface area contributed by atoms with E-state index in [0.29, 0.717) is 11.9 Å². The molecule has 168 valence electrons. The molecule has 0 saturated carbocycles. The van der Waals surface area contributed by atoms with Crippen LogP contribution in [-0.4, -0.2) is 79.9 Å². The van der Waals surface area contributed by atoms with Gasteiger partial charge in [0.25, 0.3) is 0 Å². The van der Waals surface area contributed by atoms with Crippen LogP contribution in [0.5, 0.6) is 0 Å². The molecular formula is C23H30N8O. The van der Waals surface area contributed by atoms with E-state index < -0.39 is 0 Å². The lowest BCUT2D eigenvalue weighted by molar-refractivity contribution is -0.121. The SMILES string of the molecule is CN1CCC(N2CCC(C(=O)Nc3cc4cc(-c5cn(C)nn5)cnc4cn3)CC2)CC1. The van der Waals surface area contributed by atoms with Crippen LogP contribution in [0, 0.1) is 5.92 Å². The van der Waals surface area contributed by atoms with E-state index in [2.05, 4.69) is 42.4 Å². The van der Waals surface area contributed by atoms with E-state index in [0.717, 1.165) is 48.1 Å². The van der Waals surface area contributed by atoms with Gasteiger partial charge >= 0.3 is 0 Å². The van der Waals surface area contributed by atoms with Crippen molar-refractivity contribution in [3.63, 3.8) is 0 Å². The first-order chi connectivity index (χ1) is 15.5. The molecule has 2 aliphatic heterocycles. The molecular weight excluding hydrogens is 404 g/mol. The molecule has 9 nitrogen and oxygen atoms in total. The molecule has 3 aromatic rings. The molecule has 32 heavy (non-hydrogen) atoms. The zero-order valence-corrected chi connectivity index (χ0v) is 18.7. The summed E-state index contributed by atoms with van der Waals surface area (Å²) < 4.78 is 1.66. The van der Waals surface area contributed by atoms with Crippen LogP contribution in [0.3, 0.4) is 0 Å². The van der Waals surface area contributed by atoms with E-state index in [9.17, 15) is 4.79 Å². The Balaban J connectivity index is 1.22. The Morgan fingerprint density at radius 2 is 1.78 bits per heavy atom. The quantitative estimate of drug-likeness (QED) is 0.673. The maximum Gasteiger partial charge on any atom is 0.228 e. The highest BCUT2D eigenvalue weighted by atomic mass is 16.1. The van der Waals surface area contributed by atoms with Crippen LogP contribution in [0.25, 0.3) is 22.2 Å². The Hall–Kier alpha value is -2.91. The molecule has 5 rings (SSSR count). The van der Waals surface area contributed by atoms with E-state index in [4.69, 9.17) is 0 Å². The number of nitrogens with one attached hydrogen (secondary N) is 1. The summed E-state index contributed by atoms with van der Waals surface area (Å²) in [5, 5.41) is 12.1. The number of amides is 1. The van der Waals surface area contributed by atoms with Crippen LogP contribution >= 0.6 is 0 Å². The minimum absolute atomic E-state index is 0.0408. The van der Waals surface area contributed by atoms with Gasteiger partial charge in [-0.25, -0.2) is 4.98 Å². The standard InChI is InChI=1S/C23H30N8O/c1-29-7-5-19(6-8-29)31-9-3-16(4-10-31)23(32)26-22-12-17-11-18(13-24-20(17)14-25-22)21-15-30(2)28-27-21/h11-16,19H,3-10H2,1-2H3,(H,25,26,32). The van der Waals surface area contributed by atoms with Gasteiger partial charge in [0.05, 0.1) is 17.9 Å². The highest BCUT2D eigenvalue weighted by Gasteiger charge is 2.30. The van der Waals surface area contributed by atoms with Crippen LogP contribution < -0.4 is 5.32 Å². The molecule has 5 heterocycles. The summed E-state index contributed by atoms with van der Waals surface area (Å²) >= 11 is 0. The number of aromatic nitrogens is 5. The Morgan fingerprint density at radius 3 is 2.50 bits per heavy atom. The molecule has 9 heteroatoms. The van der Waals surface area contributed by atoms with E-state index in [1.807, 2.05) is 25.4 Å². The fourth-order valence-corrected chi connectivity index (χ4v) is 4.83. The topological polar surface area (TPSA) is 92.1 Å². The summed E-state index contributed by atoms with van der Waals surface area (Å²) in [7, 11) is 4.03. The van der Waals surface area contributed by atoms with Gasteiger partial charge in [-0.15, -0.1) is 5.10 Å². The summed E-state index contributed by atoms with van der Waals surface area (Å²) in [6.45, 7) is 4.35. The first kappa shape index (κ1) is 21.0. The number of pyridine rings is 2. The summed E-state index contributed by atoms with van der Waals surface area (Å²) in [6.07, 6.45) is 9.61. The fraction of sp³-hybridized carbons (Fsp3) is 0.522. The molecule has 0 aromatic carbocycles. The number of carbonyl (C=O) groups is 1. The van der Waals surface area contributed by atoms with Crippen LogP contribution in [0.2, 0.25) is 0 Å². The normalized spacial score (nSPS) is 19.4. The van der Waals surface area contributed by atoms with Gasteiger partial charge < -0.3 is 15.1 Å². The van der Waals surface area contributed by atoms with Crippen molar-refractivity contribution in [1.29, 1.82) is 0 Å². The first-order valence-electron chi connectivity index (χ1n) is 11.4. The largest absolute Gasteiger partial charge is 0.310 e. The third-order valence-corrected chi connectivity index (χ3v) is 6.82. The second kappa shape index (κ2) is 8.91. The Bertz CT molecular complexity index is 1100. The summed E-state index contributed by atoms with van der Waals surface area (Å²) in [5.74, 6) is 0.676. The molecule has 2 aliphatic rings. The minimum atomic E-state index is 0.0408. The molecule has 0 aliphatic carbocycles. The average Bonchev–Trinajstić information content (AvgIpc) is 3.25. The van der Waals surface area contributed by atoms with E-state index in [1.54, 1.807) is 17.1 Å². The molecule has 0 bridgehead atoms. The smallest absolute Gasteiger partial charge is 0.228 e. The predicted octanol–water partition coefficient (Wildman–Crippen LogP) is 2.17. The maximum absolute atomic E-state index is 12.9. The number of aryl methyl sites for hydroxylation is 1. The second-order valence-electron chi connectivity index (χ2n) is 9.10. The van der Waals surface area contributed by atoms with Crippen LogP contribution in [-0.2, 0) is 11.8 Å². The van der Waals surface area contributed by atoms with Gasteiger partial charge in [0.1, 0.15) is 11.5 Å². The van der Waals surface area contributed by atoms with Crippen molar-refractivity contribution in [3.8, 4) is 11.3 Å². The van der Waals surface area contributed by atoms with Gasteiger partial charge in [0, 0.05) is 36.2 Å². The van der Waals surface area contributed by atoms with Crippen molar-refractivity contribution in [3.05, 3.63) is 30.7 Å². The third-order valence-electron chi connectivity index (χ3n) is 6.82. The number of anilines is 1. The van der Waals surface area contributed by atoms with Gasteiger partial charge in [-0.2, -0.15) is 0 Å². The third kappa shape index (κ3) is 4.49. The van der Waals surface area contributed by atoms with Crippen molar-refractivity contribution >= 4 is 22.6 Å². The summed E-state index contributed by atoms with van der Waals surface area (Å²) in [4.78, 5) is 26.8. The maximum atomic E-state index is 12.9. The Kier molecular flexibility index (Phi) is 5.84. The van der Waals surface area contributed by atoms with E-state index >= 15 is 0 Å². The van der Waals surface area contributed by atoms with E-state index in [1.165, 1.54) is 25.9 Å². The molecule has 2 fully saturated rings.